The summed E-state index contributed by atoms with van der Waals surface area (Å²) < 4.78 is 7.47. The topological polar surface area (TPSA) is 43.0 Å². The minimum Gasteiger partial charge on any atom is -0.466 e. The average Bonchev–Trinajstić information content (AvgIpc) is 2.81. The van der Waals surface area contributed by atoms with Crippen molar-refractivity contribution in [2.75, 3.05) is 6.54 Å². The maximum atomic E-state index is 5.61. The van der Waals surface area contributed by atoms with E-state index in [1.807, 2.05) is 25.6 Å². The zero-order valence-corrected chi connectivity index (χ0v) is 12.4. The molecule has 2 aromatic rings. The van der Waals surface area contributed by atoms with E-state index in [1.54, 1.807) is 0 Å². The standard InChI is InChI=1S/C15H23N3O/c1-10(2)7-16-8-13-9-18(5)17-15(13)14-6-11(3)19-12(14)4/h6,9-10,16H,7-8H2,1-5H3. The summed E-state index contributed by atoms with van der Waals surface area (Å²) in [5, 5.41) is 8.04. The smallest absolute Gasteiger partial charge is 0.110 e. The molecule has 0 atom stereocenters. The molecule has 104 valence electrons. The van der Waals surface area contributed by atoms with Gasteiger partial charge in [-0.2, -0.15) is 5.10 Å². The lowest BCUT2D eigenvalue weighted by molar-refractivity contribution is 0.505. The van der Waals surface area contributed by atoms with Crippen molar-refractivity contribution < 1.29 is 4.42 Å². The van der Waals surface area contributed by atoms with Crippen LogP contribution in [0.25, 0.3) is 11.3 Å². The fourth-order valence-corrected chi connectivity index (χ4v) is 2.26. The van der Waals surface area contributed by atoms with Crippen molar-refractivity contribution in [3.8, 4) is 11.3 Å². The molecule has 4 nitrogen and oxygen atoms in total. The molecule has 0 unspecified atom stereocenters. The first kappa shape index (κ1) is 13.9. The van der Waals surface area contributed by atoms with Crippen LogP contribution in [0, 0.1) is 19.8 Å². The number of aryl methyl sites for hydroxylation is 3. The molecule has 19 heavy (non-hydrogen) atoms. The number of hydrogen-bond acceptors (Lipinski definition) is 3. The van der Waals surface area contributed by atoms with Gasteiger partial charge in [-0.05, 0) is 32.4 Å². The van der Waals surface area contributed by atoms with E-state index >= 15 is 0 Å². The van der Waals surface area contributed by atoms with Gasteiger partial charge < -0.3 is 9.73 Å². The maximum absolute atomic E-state index is 5.61. The molecule has 2 heterocycles. The Labute approximate surface area is 114 Å². The molecule has 2 aromatic heterocycles. The van der Waals surface area contributed by atoms with E-state index in [9.17, 15) is 0 Å². The summed E-state index contributed by atoms with van der Waals surface area (Å²) in [6, 6.07) is 2.06. The Morgan fingerprint density at radius 1 is 1.37 bits per heavy atom. The van der Waals surface area contributed by atoms with Gasteiger partial charge in [-0.1, -0.05) is 13.8 Å². The lowest BCUT2D eigenvalue weighted by Gasteiger charge is -2.07. The summed E-state index contributed by atoms with van der Waals surface area (Å²) in [7, 11) is 1.96. The SMILES string of the molecule is Cc1cc(-c2nn(C)cc2CNCC(C)C)c(C)o1. The van der Waals surface area contributed by atoms with E-state index in [-0.39, 0.29) is 0 Å². The number of nitrogens with one attached hydrogen (secondary N) is 1. The third kappa shape index (κ3) is 3.26. The third-order valence-electron chi connectivity index (χ3n) is 3.07. The molecule has 0 aromatic carbocycles. The van der Waals surface area contributed by atoms with Gasteiger partial charge in [0.2, 0.25) is 0 Å². The molecule has 4 heteroatoms. The van der Waals surface area contributed by atoms with Gasteiger partial charge in [-0.3, -0.25) is 4.68 Å². The summed E-state index contributed by atoms with van der Waals surface area (Å²) in [5.41, 5.74) is 3.33. The predicted octanol–water partition coefficient (Wildman–Crippen LogP) is 3.04. The van der Waals surface area contributed by atoms with Crippen LogP contribution in [0.1, 0.15) is 30.9 Å². The molecule has 1 N–H and O–H groups in total. The Morgan fingerprint density at radius 3 is 2.68 bits per heavy atom. The minimum atomic E-state index is 0.651. The first-order valence-electron chi connectivity index (χ1n) is 6.78. The van der Waals surface area contributed by atoms with E-state index < -0.39 is 0 Å². The Morgan fingerprint density at radius 2 is 2.11 bits per heavy atom. The Kier molecular flexibility index (Phi) is 4.10. The lowest BCUT2D eigenvalue weighted by Crippen LogP contribution is -2.19. The van der Waals surface area contributed by atoms with Crippen molar-refractivity contribution in [2.24, 2.45) is 13.0 Å². The van der Waals surface area contributed by atoms with Crippen LogP contribution >= 0.6 is 0 Å². The monoisotopic (exact) mass is 261 g/mol. The first-order chi connectivity index (χ1) is 8.97. The molecule has 0 fully saturated rings. The highest BCUT2D eigenvalue weighted by atomic mass is 16.3. The minimum absolute atomic E-state index is 0.651. The van der Waals surface area contributed by atoms with Gasteiger partial charge in [0.15, 0.2) is 0 Å². The molecular weight excluding hydrogens is 238 g/mol. The number of rotatable bonds is 5. The van der Waals surface area contributed by atoms with Crippen LogP contribution in [0.4, 0.5) is 0 Å². The van der Waals surface area contributed by atoms with Crippen molar-refractivity contribution in [3.63, 3.8) is 0 Å². The fourth-order valence-electron chi connectivity index (χ4n) is 2.26. The molecule has 2 rings (SSSR count). The molecule has 0 aliphatic heterocycles. The molecule has 0 amide bonds. The summed E-state index contributed by atoms with van der Waals surface area (Å²) >= 11 is 0. The van der Waals surface area contributed by atoms with E-state index in [0.29, 0.717) is 5.92 Å². The van der Waals surface area contributed by atoms with E-state index in [0.717, 1.165) is 35.9 Å². The number of nitrogens with zero attached hydrogens (tertiary/aromatic N) is 2. The Hall–Kier alpha value is -1.55. The number of hydrogen-bond donors (Lipinski definition) is 1. The highest BCUT2D eigenvalue weighted by Gasteiger charge is 2.15. The van der Waals surface area contributed by atoms with Crippen LogP contribution in [0.3, 0.4) is 0 Å². The summed E-state index contributed by atoms with van der Waals surface area (Å²) in [6.45, 7) is 10.2. The molecule has 0 spiro atoms. The second kappa shape index (κ2) is 5.61. The fraction of sp³-hybridized carbons (Fsp3) is 0.533. The van der Waals surface area contributed by atoms with E-state index in [1.165, 1.54) is 5.56 Å². The van der Waals surface area contributed by atoms with Gasteiger partial charge >= 0.3 is 0 Å². The van der Waals surface area contributed by atoms with Crippen molar-refractivity contribution >= 4 is 0 Å². The highest BCUT2D eigenvalue weighted by Crippen LogP contribution is 2.28. The number of aromatic nitrogens is 2. The molecule has 0 radical (unpaired) electrons. The quantitative estimate of drug-likeness (QED) is 0.899. The van der Waals surface area contributed by atoms with Crippen molar-refractivity contribution in [2.45, 2.75) is 34.2 Å². The second-order valence-electron chi connectivity index (χ2n) is 5.53. The van der Waals surface area contributed by atoms with Gasteiger partial charge in [-0.15, -0.1) is 0 Å². The van der Waals surface area contributed by atoms with Gasteiger partial charge in [0.25, 0.3) is 0 Å². The van der Waals surface area contributed by atoms with Gasteiger partial charge in [0.05, 0.1) is 0 Å². The van der Waals surface area contributed by atoms with Crippen molar-refractivity contribution in [1.82, 2.24) is 15.1 Å². The average molecular weight is 261 g/mol. The molecule has 0 aliphatic rings. The van der Waals surface area contributed by atoms with Gasteiger partial charge in [0, 0.05) is 30.9 Å². The van der Waals surface area contributed by atoms with Gasteiger partial charge in [-0.25, -0.2) is 0 Å². The normalized spacial score (nSPS) is 11.5. The van der Waals surface area contributed by atoms with Crippen LogP contribution in [0.2, 0.25) is 0 Å². The zero-order valence-electron chi connectivity index (χ0n) is 12.4. The molecule has 0 aliphatic carbocycles. The molecule has 0 bridgehead atoms. The summed E-state index contributed by atoms with van der Waals surface area (Å²) in [4.78, 5) is 0. The zero-order chi connectivity index (χ0) is 14.0. The van der Waals surface area contributed by atoms with Crippen LogP contribution in [0.5, 0.6) is 0 Å². The molecule has 0 saturated carbocycles. The Bertz CT molecular complexity index is 552. The van der Waals surface area contributed by atoms with Crippen molar-refractivity contribution in [3.05, 3.63) is 29.3 Å². The lowest BCUT2D eigenvalue weighted by atomic mass is 10.1. The summed E-state index contributed by atoms with van der Waals surface area (Å²) in [6.07, 6.45) is 2.07. The largest absolute Gasteiger partial charge is 0.466 e. The van der Waals surface area contributed by atoms with Crippen LogP contribution in [-0.4, -0.2) is 16.3 Å². The predicted molar refractivity (Wildman–Crippen MR) is 76.9 cm³/mol. The van der Waals surface area contributed by atoms with Gasteiger partial charge in [0.1, 0.15) is 17.2 Å². The third-order valence-corrected chi connectivity index (χ3v) is 3.07. The highest BCUT2D eigenvalue weighted by molar-refractivity contribution is 5.65. The van der Waals surface area contributed by atoms with Crippen LogP contribution in [0.15, 0.2) is 16.7 Å². The molecule has 0 saturated heterocycles. The van der Waals surface area contributed by atoms with Crippen molar-refractivity contribution in [1.29, 1.82) is 0 Å². The Balaban J connectivity index is 2.23. The van der Waals surface area contributed by atoms with Crippen LogP contribution < -0.4 is 5.32 Å². The number of furan rings is 1. The van der Waals surface area contributed by atoms with E-state index in [4.69, 9.17) is 4.42 Å². The van der Waals surface area contributed by atoms with Crippen LogP contribution in [-0.2, 0) is 13.6 Å². The van der Waals surface area contributed by atoms with E-state index in [2.05, 4.69) is 36.5 Å². The summed E-state index contributed by atoms with van der Waals surface area (Å²) in [5.74, 6) is 2.51. The second-order valence-corrected chi connectivity index (χ2v) is 5.53. The first-order valence-corrected chi connectivity index (χ1v) is 6.78. The maximum Gasteiger partial charge on any atom is 0.110 e. The molecular formula is C15H23N3O.